The lowest BCUT2D eigenvalue weighted by Gasteiger charge is -2.47. The van der Waals surface area contributed by atoms with Gasteiger partial charge in [-0.2, -0.15) is 0 Å². The van der Waals surface area contributed by atoms with Crippen LogP contribution in [0.25, 0.3) is 0 Å². The summed E-state index contributed by atoms with van der Waals surface area (Å²) >= 11 is 0. The monoisotopic (exact) mass is 292 g/mol. The van der Waals surface area contributed by atoms with Crippen LogP contribution in [0, 0.1) is 10.8 Å². The number of Topliss-reactive ketones (excluding diaryl/α,β-unsaturated/α-hetero) is 1. The fraction of sp³-hybridized carbons (Fsp3) is 0.611. The van der Waals surface area contributed by atoms with Crippen LogP contribution in [0.3, 0.4) is 0 Å². The third-order valence-corrected chi connectivity index (χ3v) is 5.00. The van der Waals surface area contributed by atoms with E-state index in [9.17, 15) is 15.0 Å². The molecule has 0 saturated carbocycles. The van der Waals surface area contributed by atoms with E-state index in [1.807, 2.05) is 46.8 Å². The van der Waals surface area contributed by atoms with Crippen molar-refractivity contribution in [2.75, 3.05) is 0 Å². The van der Waals surface area contributed by atoms with Crippen LogP contribution in [0.5, 0.6) is 0 Å². The lowest BCUT2D eigenvalue weighted by molar-refractivity contribution is -0.264. The Morgan fingerprint density at radius 1 is 1.00 bits per heavy atom. The molecule has 1 aromatic carbocycles. The predicted octanol–water partition coefficient (Wildman–Crippen LogP) is 3.58. The van der Waals surface area contributed by atoms with Crippen molar-refractivity contribution in [1.29, 1.82) is 0 Å². The van der Waals surface area contributed by atoms with Gasteiger partial charge in [0.25, 0.3) is 0 Å². The molecule has 118 valence electrons. The minimum Gasteiger partial charge on any atom is -0.365 e. The molecule has 0 spiro atoms. The number of benzene rings is 1. The molecule has 2 N–H and O–H groups in total. The average Bonchev–Trinajstić information content (AvgIpc) is 2.35. The van der Waals surface area contributed by atoms with E-state index in [1.165, 1.54) is 6.92 Å². The topological polar surface area (TPSA) is 57.5 Å². The minimum atomic E-state index is -1.75. The van der Waals surface area contributed by atoms with Gasteiger partial charge >= 0.3 is 0 Å². The van der Waals surface area contributed by atoms with Gasteiger partial charge in [0.05, 0.1) is 0 Å². The van der Waals surface area contributed by atoms with Gasteiger partial charge in [0.15, 0.2) is 11.6 Å². The Morgan fingerprint density at radius 2 is 1.48 bits per heavy atom. The van der Waals surface area contributed by atoms with Crippen LogP contribution < -0.4 is 0 Å². The van der Waals surface area contributed by atoms with Crippen molar-refractivity contribution in [3.05, 3.63) is 35.4 Å². The summed E-state index contributed by atoms with van der Waals surface area (Å²) < 4.78 is 0. The van der Waals surface area contributed by atoms with E-state index in [0.717, 1.165) is 5.56 Å². The maximum Gasteiger partial charge on any atom is 0.168 e. The summed E-state index contributed by atoms with van der Waals surface area (Å²) in [4.78, 5) is 11.2. The third-order valence-electron chi connectivity index (χ3n) is 5.00. The van der Waals surface area contributed by atoms with Crippen molar-refractivity contribution < 1.29 is 15.0 Å². The van der Waals surface area contributed by atoms with Crippen LogP contribution in [0.15, 0.2) is 24.3 Å². The number of rotatable bonds is 5. The van der Waals surface area contributed by atoms with Crippen LogP contribution in [-0.2, 0) is 6.42 Å². The summed E-state index contributed by atoms with van der Waals surface area (Å²) in [6, 6.07) is 7.31. The van der Waals surface area contributed by atoms with E-state index in [2.05, 4.69) is 0 Å². The predicted molar refractivity (Wildman–Crippen MR) is 85.2 cm³/mol. The number of carbonyl (C=O) groups is 1. The van der Waals surface area contributed by atoms with Crippen LogP contribution >= 0.6 is 0 Å². The standard InChI is InChI=1S/C18H28O3/c1-13(19)15-9-7-14(8-10-15)11-12-18(20,21)17(5,6)16(2,3)4/h7-10,20-21H,11-12H2,1-6H3. The molecule has 21 heavy (non-hydrogen) atoms. The first-order valence-electron chi connectivity index (χ1n) is 7.43. The van der Waals surface area contributed by atoms with Crippen molar-refractivity contribution in [3.8, 4) is 0 Å². The van der Waals surface area contributed by atoms with E-state index >= 15 is 0 Å². The molecule has 0 aliphatic heterocycles. The second kappa shape index (κ2) is 5.90. The van der Waals surface area contributed by atoms with Gasteiger partial charge in [-0.05, 0) is 24.3 Å². The fourth-order valence-corrected chi connectivity index (χ4v) is 2.14. The summed E-state index contributed by atoms with van der Waals surface area (Å²) in [5.74, 6) is -1.71. The normalized spacial score (nSPS) is 13.3. The first-order chi connectivity index (χ1) is 9.38. The largest absolute Gasteiger partial charge is 0.365 e. The molecule has 0 aliphatic rings. The molecule has 3 heteroatoms. The molecular formula is C18H28O3. The Kier molecular flexibility index (Phi) is 5.01. The van der Waals surface area contributed by atoms with E-state index < -0.39 is 11.2 Å². The number of carbonyl (C=O) groups excluding carboxylic acids is 1. The molecule has 0 heterocycles. The summed E-state index contributed by atoms with van der Waals surface area (Å²) in [6.07, 6.45) is 0.821. The number of ketones is 1. The highest BCUT2D eigenvalue weighted by Crippen LogP contribution is 2.46. The van der Waals surface area contributed by atoms with Gasteiger partial charge in [0, 0.05) is 17.4 Å². The van der Waals surface area contributed by atoms with E-state index in [0.29, 0.717) is 12.0 Å². The molecule has 0 unspecified atom stereocenters. The molecule has 1 rings (SSSR count). The van der Waals surface area contributed by atoms with E-state index in [-0.39, 0.29) is 17.6 Å². The lowest BCUT2D eigenvalue weighted by atomic mass is 9.63. The molecule has 0 amide bonds. The van der Waals surface area contributed by atoms with Crippen LogP contribution in [0.2, 0.25) is 0 Å². The van der Waals surface area contributed by atoms with Crippen molar-refractivity contribution in [2.24, 2.45) is 10.8 Å². The van der Waals surface area contributed by atoms with Gasteiger partial charge in [0.2, 0.25) is 0 Å². The molecule has 3 nitrogen and oxygen atoms in total. The summed E-state index contributed by atoms with van der Waals surface area (Å²) in [5, 5.41) is 21.0. The van der Waals surface area contributed by atoms with Crippen LogP contribution in [0.4, 0.5) is 0 Å². The summed E-state index contributed by atoms with van der Waals surface area (Å²) in [7, 11) is 0. The van der Waals surface area contributed by atoms with Gasteiger partial charge in [-0.3, -0.25) is 4.79 Å². The Morgan fingerprint density at radius 3 is 1.86 bits per heavy atom. The molecule has 1 aromatic rings. The summed E-state index contributed by atoms with van der Waals surface area (Å²) in [6.45, 7) is 11.3. The van der Waals surface area contributed by atoms with Crippen molar-refractivity contribution in [2.45, 2.75) is 60.2 Å². The zero-order valence-corrected chi connectivity index (χ0v) is 14.0. The molecule has 0 aromatic heterocycles. The molecule has 0 atom stereocenters. The fourth-order valence-electron chi connectivity index (χ4n) is 2.14. The zero-order valence-electron chi connectivity index (χ0n) is 14.0. The SMILES string of the molecule is CC(=O)c1ccc(CCC(O)(O)C(C)(C)C(C)(C)C)cc1. The van der Waals surface area contributed by atoms with Crippen LogP contribution in [-0.4, -0.2) is 21.8 Å². The molecular weight excluding hydrogens is 264 g/mol. The maximum absolute atomic E-state index is 11.2. The van der Waals surface area contributed by atoms with Gasteiger partial charge in [0.1, 0.15) is 0 Å². The van der Waals surface area contributed by atoms with Crippen molar-refractivity contribution in [3.63, 3.8) is 0 Å². The van der Waals surface area contributed by atoms with Crippen LogP contribution in [0.1, 0.15) is 63.9 Å². The first kappa shape index (κ1) is 17.9. The number of hydrogen-bond donors (Lipinski definition) is 2. The Hall–Kier alpha value is -1.19. The van der Waals surface area contributed by atoms with Crippen molar-refractivity contribution in [1.82, 2.24) is 0 Å². The Labute approximate surface area is 128 Å². The van der Waals surface area contributed by atoms with E-state index in [1.54, 1.807) is 12.1 Å². The molecule has 0 aliphatic carbocycles. The molecule has 0 radical (unpaired) electrons. The average molecular weight is 292 g/mol. The lowest BCUT2D eigenvalue weighted by Crippen LogP contribution is -2.52. The van der Waals surface area contributed by atoms with Crippen molar-refractivity contribution >= 4 is 5.78 Å². The number of aryl methyl sites for hydroxylation is 1. The third kappa shape index (κ3) is 3.92. The molecule has 0 saturated heterocycles. The zero-order chi connectivity index (χ0) is 16.5. The van der Waals surface area contributed by atoms with Gasteiger partial charge < -0.3 is 10.2 Å². The van der Waals surface area contributed by atoms with Gasteiger partial charge in [-0.1, -0.05) is 58.9 Å². The Balaban J connectivity index is 2.80. The second-order valence-electron chi connectivity index (χ2n) is 7.44. The Bertz CT molecular complexity index is 490. The van der Waals surface area contributed by atoms with Gasteiger partial charge in [-0.15, -0.1) is 0 Å². The number of hydrogen-bond acceptors (Lipinski definition) is 3. The molecule has 0 bridgehead atoms. The summed E-state index contributed by atoms with van der Waals surface area (Å²) in [5.41, 5.74) is 0.805. The first-order valence-corrected chi connectivity index (χ1v) is 7.43. The molecule has 0 fully saturated rings. The quantitative estimate of drug-likeness (QED) is 0.644. The highest BCUT2D eigenvalue weighted by molar-refractivity contribution is 5.93. The maximum atomic E-state index is 11.2. The highest BCUT2D eigenvalue weighted by atomic mass is 16.5. The highest BCUT2D eigenvalue weighted by Gasteiger charge is 2.49. The van der Waals surface area contributed by atoms with E-state index in [4.69, 9.17) is 0 Å². The number of aliphatic hydroxyl groups is 2. The van der Waals surface area contributed by atoms with Gasteiger partial charge in [-0.25, -0.2) is 0 Å². The minimum absolute atomic E-state index is 0.0362. The second-order valence-corrected chi connectivity index (χ2v) is 7.44. The smallest absolute Gasteiger partial charge is 0.168 e.